The van der Waals surface area contributed by atoms with Gasteiger partial charge in [-0.05, 0) is 44.6 Å². The number of nitrogen functional groups attached to an aromatic ring is 2. The van der Waals surface area contributed by atoms with Gasteiger partial charge in [0.1, 0.15) is 53.5 Å². The number of halogens is 2. The highest BCUT2D eigenvalue weighted by Crippen LogP contribution is 2.50. The Morgan fingerprint density at radius 2 is 1.25 bits per heavy atom. The number of carbonyl (C=O) groups is 2. The predicted octanol–water partition coefficient (Wildman–Crippen LogP) is 3.17. The lowest BCUT2D eigenvalue weighted by atomic mass is 9.96. The predicted molar refractivity (Wildman–Crippen MR) is 296 cm³/mol. The fourth-order valence-electron chi connectivity index (χ4n) is 8.16. The normalized spacial score (nSPS) is 25.5. The molecule has 34 heteroatoms. The lowest BCUT2D eigenvalue weighted by Gasteiger charge is -2.28. The average Bonchev–Trinajstić information content (AvgIpc) is 3.88. The van der Waals surface area contributed by atoms with E-state index in [0.717, 1.165) is 12.3 Å². The number of carboxylic acids is 1. The summed E-state index contributed by atoms with van der Waals surface area (Å²) in [5, 5.41) is 59.3. The fourth-order valence-corrected chi connectivity index (χ4v) is 12.2. The molecule has 0 saturated carbocycles. The average molecular weight is 1370 g/mol. The quantitative estimate of drug-likeness (QED) is 0.0241. The second-order valence-corrected chi connectivity index (χ2v) is 25.0. The minimum Gasteiger partial charge on any atom is -0.480 e. The minimum absolute atomic E-state index is 0.0991. The van der Waals surface area contributed by atoms with Crippen molar-refractivity contribution in [2.75, 3.05) is 45.5 Å². The Bertz CT molecular complexity index is 3320. The molecular weight excluding hydrogens is 1310 g/mol. The lowest BCUT2D eigenvalue weighted by Crippen LogP contribution is -2.45. The van der Waals surface area contributed by atoms with Gasteiger partial charge in [0.15, 0.2) is 42.4 Å². The second-order valence-electron chi connectivity index (χ2n) is 19.8. The van der Waals surface area contributed by atoms with Crippen LogP contribution in [0.15, 0.2) is 42.5 Å². The first-order chi connectivity index (χ1) is 36.8. The summed E-state index contributed by atoms with van der Waals surface area (Å²) >= 11 is 3.79. The van der Waals surface area contributed by atoms with Gasteiger partial charge in [-0.25, -0.2) is 24.2 Å². The van der Waals surface area contributed by atoms with Crippen molar-refractivity contribution in [3.8, 4) is 17.5 Å². The third-order valence-corrected chi connectivity index (χ3v) is 16.6. The largest absolute Gasteiger partial charge is 0.480 e. The SMILES string of the molecule is COc1nc(N)nc2c1nc(I)n2[C@@H]1O[C@H](COP(=O)(N[C@@H](C)C(=O)OCC(C)(C)C)Oc2cccc3ccccc23)[C@@H](O)[C@@]1(C)O.COc1nc(N)nc2c1nc(I)n2[C@@H]1O[C@H](COP(=O)(O)N[C@@H](C)C(=O)O)[C@@H](O)[C@@]1(C)O. The van der Waals surface area contributed by atoms with Crippen LogP contribution in [0.1, 0.15) is 60.9 Å². The van der Waals surface area contributed by atoms with E-state index in [0.29, 0.717) is 13.0 Å². The number of aliphatic carboxylic acids is 1. The minimum atomic E-state index is -4.55. The maximum Gasteiger partial charge on any atom is 0.459 e. The Morgan fingerprint density at radius 3 is 1.73 bits per heavy atom. The highest BCUT2D eigenvalue weighted by Gasteiger charge is 2.56. The van der Waals surface area contributed by atoms with Crippen molar-refractivity contribution in [1.29, 1.82) is 0 Å². The molecule has 0 bridgehead atoms. The molecule has 2 aliphatic heterocycles. The van der Waals surface area contributed by atoms with Crippen molar-refractivity contribution in [3.05, 3.63) is 50.1 Å². The molecule has 6 aromatic rings. The van der Waals surface area contributed by atoms with Gasteiger partial charge in [0.25, 0.3) is 0 Å². The fraction of sp³-hybridized carbons (Fsp3) is 0.511. The van der Waals surface area contributed by atoms with E-state index in [4.69, 9.17) is 53.8 Å². The number of esters is 1. The number of benzene rings is 2. The number of fused-ring (bicyclic) bond motifs is 3. The van der Waals surface area contributed by atoms with Gasteiger partial charge in [-0.3, -0.25) is 27.8 Å². The maximum absolute atomic E-state index is 14.4. The van der Waals surface area contributed by atoms with Crippen LogP contribution >= 0.6 is 60.7 Å². The summed E-state index contributed by atoms with van der Waals surface area (Å²) in [7, 11) is -6.15. The molecule has 2 aromatic carbocycles. The number of ether oxygens (including phenoxy) is 5. The van der Waals surface area contributed by atoms with E-state index in [1.165, 1.54) is 44.1 Å². The number of aliphatic hydroxyl groups excluding tert-OH is 2. The highest BCUT2D eigenvalue weighted by atomic mass is 127. The molecule has 12 N–H and O–H groups in total. The van der Waals surface area contributed by atoms with E-state index in [9.17, 15) is 44.0 Å². The molecule has 4 aromatic heterocycles. The molecule has 432 valence electrons. The molecule has 0 aliphatic carbocycles. The van der Waals surface area contributed by atoms with Gasteiger partial charge in [-0.2, -0.15) is 25.0 Å². The molecule has 12 atom stereocenters. The van der Waals surface area contributed by atoms with E-state index in [2.05, 4.69) is 35.0 Å². The highest BCUT2D eigenvalue weighted by molar-refractivity contribution is 14.1. The molecule has 2 fully saturated rings. The first-order valence-electron chi connectivity index (χ1n) is 23.8. The van der Waals surface area contributed by atoms with Crippen LogP contribution in [-0.4, -0.2) is 163 Å². The Balaban J connectivity index is 0.000000246. The standard InChI is InChI=1S/C30H38IN6O9P.C15H22IN6O9P/c1-16(25(39)43-15-29(2,3)4)36-47(41,46-19-13-9-11-17-10-7-8-12-18(17)19)44-14-20-22(38)30(5,40)26(45-20)37-23-21(33-27(37)31)24(42-6)35-28(32)34-23;1-5(11(24)25)21-32(27,28)30-4-6-8(23)15(2,26)12(31-6)22-9-7(18-13(22)16)10(29-3)20-14(17)19-9/h7-13,16,20,22,26,38,40H,14-15H2,1-6H3,(H,36,41)(H2,32,34,35);5-6,8,12,23,26H,4H2,1-3H3,(H,24,25)(H2,17,19,20)(H2,21,27,28)/t16-,20+,22+,26+,30+,47?;5-,6+,8+,12+,15+/m00/s1. The van der Waals surface area contributed by atoms with Gasteiger partial charge in [0, 0.05) is 50.6 Å². The third-order valence-electron chi connectivity index (χ3n) is 12.2. The number of aliphatic hydroxyl groups is 4. The number of methoxy groups -OCH3 is 2. The zero-order valence-electron chi connectivity index (χ0n) is 43.7. The van der Waals surface area contributed by atoms with Gasteiger partial charge in [-0.15, -0.1) is 0 Å². The number of nitrogens with two attached hydrogens (primary N) is 2. The van der Waals surface area contributed by atoms with Crippen molar-refractivity contribution in [1.82, 2.24) is 49.2 Å². The summed E-state index contributed by atoms with van der Waals surface area (Å²) in [6, 6.07) is 10.1. The number of hydrogen-bond acceptors (Lipinski definition) is 24. The molecular formula is C45H60I2N12O18P2. The maximum atomic E-state index is 14.4. The molecule has 8 rings (SSSR count). The first kappa shape index (κ1) is 61.8. The smallest absolute Gasteiger partial charge is 0.459 e. The van der Waals surface area contributed by atoms with E-state index >= 15 is 0 Å². The van der Waals surface area contributed by atoms with Crippen LogP contribution in [0, 0.1) is 13.1 Å². The van der Waals surface area contributed by atoms with Crippen LogP contribution in [0.5, 0.6) is 17.5 Å². The number of anilines is 2. The van der Waals surface area contributed by atoms with Crippen molar-refractivity contribution < 1.29 is 86.4 Å². The number of carbonyl (C=O) groups excluding carboxylic acids is 1. The summed E-state index contributed by atoms with van der Waals surface area (Å²) in [6.45, 7) is 10.0. The molecule has 2 aliphatic rings. The van der Waals surface area contributed by atoms with E-state index in [1.807, 2.05) is 89.2 Å². The number of carboxylic acid groups (broad SMARTS) is 1. The van der Waals surface area contributed by atoms with E-state index in [-0.39, 0.29) is 63.8 Å². The van der Waals surface area contributed by atoms with Gasteiger partial charge < -0.3 is 70.1 Å². The summed E-state index contributed by atoms with van der Waals surface area (Å²) < 4.78 is 74.5. The van der Waals surface area contributed by atoms with Gasteiger partial charge >= 0.3 is 27.4 Å². The van der Waals surface area contributed by atoms with Crippen LogP contribution < -0.4 is 35.6 Å². The van der Waals surface area contributed by atoms with E-state index < -0.39 is 101 Å². The van der Waals surface area contributed by atoms with Crippen molar-refractivity contribution in [2.24, 2.45) is 5.41 Å². The van der Waals surface area contributed by atoms with Crippen LogP contribution in [0.25, 0.3) is 33.1 Å². The van der Waals surface area contributed by atoms with Crippen LogP contribution in [-0.2, 0) is 42.0 Å². The zero-order valence-corrected chi connectivity index (χ0v) is 49.9. The van der Waals surface area contributed by atoms with Crippen molar-refractivity contribution in [2.45, 2.75) is 109 Å². The summed E-state index contributed by atoms with van der Waals surface area (Å²) in [5.41, 5.74) is 8.39. The van der Waals surface area contributed by atoms with Crippen LogP contribution in [0.3, 0.4) is 0 Å². The third kappa shape index (κ3) is 13.6. The molecule has 2 saturated heterocycles. The molecule has 79 heavy (non-hydrogen) atoms. The summed E-state index contributed by atoms with van der Waals surface area (Å²) in [5.74, 6) is -1.79. The van der Waals surface area contributed by atoms with Gasteiger partial charge in [-0.1, -0.05) is 57.2 Å². The summed E-state index contributed by atoms with van der Waals surface area (Å²) in [4.78, 5) is 58.7. The van der Waals surface area contributed by atoms with Crippen molar-refractivity contribution >= 4 is 118 Å². The molecule has 30 nitrogen and oxygen atoms in total. The summed E-state index contributed by atoms with van der Waals surface area (Å²) in [6.07, 6.45) is -8.06. The van der Waals surface area contributed by atoms with Crippen molar-refractivity contribution in [3.63, 3.8) is 0 Å². The van der Waals surface area contributed by atoms with Gasteiger partial charge in [0.05, 0.1) is 34.0 Å². The number of aromatic nitrogens is 8. The number of imidazole rings is 2. The molecule has 0 spiro atoms. The molecule has 0 amide bonds. The Kier molecular flexibility index (Phi) is 18.8. The Hall–Kier alpha value is -4.78. The number of nitrogens with zero attached hydrogens (tertiary/aromatic N) is 8. The lowest BCUT2D eigenvalue weighted by molar-refractivity contribution is -0.148. The number of hydrogen-bond donors (Lipinski definition) is 10. The number of rotatable bonds is 19. The van der Waals surface area contributed by atoms with Gasteiger partial charge in [0.2, 0.25) is 23.7 Å². The monoisotopic (exact) mass is 1370 g/mol. The molecule has 6 heterocycles. The zero-order chi connectivity index (χ0) is 58.3. The Labute approximate surface area is 477 Å². The molecule has 0 radical (unpaired) electrons. The van der Waals surface area contributed by atoms with Crippen LogP contribution in [0.4, 0.5) is 11.9 Å². The first-order valence-corrected chi connectivity index (χ1v) is 29.0. The Morgan fingerprint density at radius 1 is 0.772 bits per heavy atom. The van der Waals surface area contributed by atoms with E-state index in [1.54, 1.807) is 24.3 Å². The van der Waals surface area contributed by atoms with Crippen LogP contribution in [0.2, 0.25) is 0 Å². The topological polar surface area (TPSA) is 427 Å². The number of nitrogens with one attached hydrogen (secondary N) is 2. The molecule has 2 unspecified atom stereocenters. The second kappa shape index (κ2) is 24.0.